The van der Waals surface area contributed by atoms with E-state index in [0.29, 0.717) is 13.1 Å². The molecule has 1 saturated heterocycles. The fourth-order valence-electron chi connectivity index (χ4n) is 3.46. The first-order chi connectivity index (χ1) is 13.6. The molecule has 0 aromatic heterocycles. The third-order valence-corrected chi connectivity index (χ3v) is 5.31. The van der Waals surface area contributed by atoms with Crippen molar-refractivity contribution in [1.29, 1.82) is 0 Å². The Morgan fingerprint density at radius 2 is 1.71 bits per heavy atom. The monoisotopic (exact) mass is 401 g/mol. The fourth-order valence-corrected chi connectivity index (χ4v) is 3.58. The third-order valence-electron chi connectivity index (χ3n) is 5.06. The molecule has 2 aromatic rings. The van der Waals surface area contributed by atoms with E-state index in [2.05, 4.69) is 27.2 Å². The number of hydrogen-bond acceptors (Lipinski definition) is 4. The number of rotatable bonds is 8. The molecule has 0 bridgehead atoms. The number of halogens is 1. The van der Waals surface area contributed by atoms with Crippen LogP contribution in [0.3, 0.4) is 0 Å². The van der Waals surface area contributed by atoms with E-state index in [1.54, 1.807) is 7.11 Å². The molecule has 3 rings (SSSR count). The molecule has 1 heterocycles. The van der Waals surface area contributed by atoms with Gasteiger partial charge in [0, 0.05) is 44.3 Å². The smallest absolute Gasteiger partial charge is 0.234 e. The van der Waals surface area contributed by atoms with Crippen LogP contribution in [0.5, 0.6) is 5.75 Å². The first kappa shape index (κ1) is 20.6. The summed E-state index contributed by atoms with van der Waals surface area (Å²) in [6, 6.07) is 15.9. The number of para-hydroxylation sites is 1. The summed E-state index contributed by atoms with van der Waals surface area (Å²) in [4.78, 5) is 16.9. The second-order valence-electron chi connectivity index (χ2n) is 7.09. The van der Waals surface area contributed by atoms with Gasteiger partial charge in [0.25, 0.3) is 0 Å². The number of amides is 1. The van der Waals surface area contributed by atoms with Gasteiger partial charge < -0.3 is 10.1 Å². The van der Waals surface area contributed by atoms with E-state index >= 15 is 0 Å². The maximum atomic E-state index is 12.3. The molecule has 0 radical (unpaired) electrons. The van der Waals surface area contributed by atoms with E-state index in [9.17, 15) is 4.79 Å². The van der Waals surface area contributed by atoms with Crippen LogP contribution in [-0.4, -0.2) is 62.1 Å². The number of carbonyl (C=O) groups excluding carboxylic acids is 1. The van der Waals surface area contributed by atoms with Crippen molar-refractivity contribution >= 4 is 17.5 Å². The van der Waals surface area contributed by atoms with Gasteiger partial charge in [-0.15, -0.1) is 0 Å². The standard InChI is InChI=1S/C22H28ClN3O2/c1-28-21-5-3-2-4-19(21)10-11-24-22(27)17-26-14-12-25(13-15-26)16-18-6-8-20(23)9-7-18/h2-9H,10-17H2,1H3,(H,24,27). The Balaban J connectivity index is 1.35. The third kappa shape index (κ3) is 6.23. The van der Waals surface area contributed by atoms with Gasteiger partial charge in [-0.1, -0.05) is 41.9 Å². The summed E-state index contributed by atoms with van der Waals surface area (Å²) in [7, 11) is 1.67. The molecule has 150 valence electrons. The Hall–Kier alpha value is -2.08. The molecular formula is C22H28ClN3O2. The Morgan fingerprint density at radius 3 is 2.43 bits per heavy atom. The number of benzene rings is 2. The van der Waals surface area contributed by atoms with Crippen LogP contribution in [0.4, 0.5) is 0 Å². The van der Waals surface area contributed by atoms with Crippen molar-refractivity contribution in [1.82, 2.24) is 15.1 Å². The van der Waals surface area contributed by atoms with Gasteiger partial charge in [0.1, 0.15) is 5.75 Å². The van der Waals surface area contributed by atoms with Crippen molar-refractivity contribution in [3.05, 3.63) is 64.7 Å². The zero-order valence-electron chi connectivity index (χ0n) is 16.4. The highest BCUT2D eigenvalue weighted by Gasteiger charge is 2.19. The summed E-state index contributed by atoms with van der Waals surface area (Å²) in [6.45, 7) is 5.77. The second-order valence-corrected chi connectivity index (χ2v) is 7.53. The Labute approximate surface area is 172 Å². The van der Waals surface area contributed by atoms with E-state index in [0.717, 1.165) is 55.5 Å². The minimum atomic E-state index is 0.0843. The lowest BCUT2D eigenvalue weighted by atomic mass is 10.1. The highest BCUT2D eigenvalue weighted by molar-refractivity contribution is 6.30. The number of ether oxygens (including phenoxy) is 1. The molecule has 1 N–H and O–H groups in total. The Kier molecular flexibility index (Phi) is 7.71. The predicted molar refractivity (Wildman–Crippen MR) is 113 cm³/mol. The Morgan fingerprint density at radius 1 is 1.04 bits per heavy atom. The molecule has 1 aliphatic rings. The normalized spacial score (nSPS) is 15.4. The van der Waals surface area contributed by atoms with Crippen molar-refractivity contribution < 1.29 is 9.53 Å². The zero-order chi connectivity index (χ0) is 19.8. The van der Waals surface area contributed by atoms with Crippen molar-refractivity contribution in [3.8, 4) is 5.75 Å². The molecule has 1 fully saturated rings. The molecule has 0 spiro atoms. The van der Waals surface area contributed by atoms with Gasteiger partial charge in [-0.2, -0.15) is 0 Å². The highest BCUT2D eigenvalue weighted by atomic mass is 35.5. The van der Waals surface area contributed by atoms with Gasteiger partial charge in [-0.3, -0.25) is 14.6 Å². The van der Waals surface area contributed by atoms with Crippen LogP contribution in [-0.2, 0) is 17.8 Å². The van der Waals surface area contributed by atoms with Gasteiger partial charge in [0.15, 0.2) is 0 Å². The Bertz CT molecular complexity index is 759. The summed E-state index contributed by atoms with van der Waals surface area (Å²) in [5.74, 6) is 0.953. The molecule has 6 heteroatoms. The number of piperazine rings is 1. The minimum Gasteiger partial charge on any atom is -0.496 e. The maximum absolute atomic E-state index is 12.3. The van der Waals surface area contributed by atoms with Crippen LogP contribution >= 0.6 is 11.6 Å². The number of methoxy groups -OCH3 is 1. The summed E-state index contributed by atoms with van der Waals surface area (Å²) in [6.07, 6.45) is 0.768. The molecule has 5 nitrogen and oxygen atoms in total. The lowest BCUT2D eigenvalue weighted by molar-refractivity contribution is -0.122. The van der Waals surface area contributed by atoms with Gasteiger partial charge in [0.2, 0.25) is 5.91 Å². The summed E-state index contributed by atoms with van der Waals surface area (Å²) in [5, 5.41) is 3.79. The molecule has 0 unspecified atom stereocenters. The van der Waals surface area contributed by atoms with Crippen molar-refractivity contribution in [2.45, 2.75) is 13.0 Å². The van der Waals surface area contributed by atoms with E-state index in [4.69, 9.17) is 16.3 Å². The van der Waals surface area contributed by atoms with Crippen molar-refractivity contribution in [2.24, 2.45) is 0 Å². The van der Waals surface area contributed by atoms with Crippen LogP contribution in [0.25, 0.3) is 0 Å². The van der Waals surface area contributed by atoms with Crippen LogP contribution in [0.15, 0.2) is 48.5 Å². The molecule has 28 heavy (non-hydrogen) atoms. The van der Waals surface area contributed by atoms with Crippen LogP contribution in [0.2, 0.25) is 5.02 Å². The van der Waals surface area contributed by atoms with Gasteiger partial charge in [0.05, 0.1) is 13.7 Å². The molecule has 2 aromatic carbocycles. The van der Waals surface area contributed by atoms with Crippen LogP contribution in [0.1, 0.15) is 11.1 Å². The average molecular weight is 402 g/mol. The van der Waals surface area contributed by atoms with Crippen LogP contribution in [0, 0.1) is 0 Å². The molecule has 0 atom stereocenters. The number of nitrogens with zero attached hydrogens (tertiary/aromatic N) is 2. The summed E-state index contributed by atoms with van der Waals surface area (Å²) >= 11 is 5.94. The average Bonchev–Trinajstić information content (AvgIpc) is 2.71. The van der Waals surface area contributed by atoms with Crippen molar-refractivity contribution in [2.75, 3.05) is 46.4 Å². The molecule has 1 amide bonds. The number of nitrogens with one attached hydrogen (secondary N) is 1. The van der Waals surface area contributed by atoms with Crippen LogP contribution < -0.4 is 10.1 Å². The first-order valence-electron chi connectivity index (χ1n) is 9.72. The molecule has 1 aliphatic heterocycles. The number of hydrogen-bond donors (Lipinski definition) is 1. The largest absolute Gasteiger partial charge is 0.496 e. The summed E-state index contributed by atoms with van der Waals surface area (Å²) < 4.78 is 5.35. The van der Waals surface area contributed by atoms with Gasteiger partial charge in [-0.25, -0.2) is 0 Å². The van der Waals surface area contributed by atoms with E-state index in [-0.39, 0.29) is 5.91 Å². The first-order valence-corrected chi connectivity index (χ1v) is 10.1. The quantitative estimate of drug-likeness (QED) is 0.738. The fraction of sp³-hybridized carbons (Fsp3) is 0.409. The lowest BCUT2D eigenvalue weighted by Crippen LogP contribution is -2.49. The lowest BCUT2D eigenvalue weighted by Gasteiger charge is -2.34. The van der Waals surface area contributed by atoms with E-state index in [1.807, 2.05) is 36.4 Å². The molecule has 0 aliphatic carbocycles. The second kappa shape index (κ2) is 10.5. The van der Waals surface area contributed by atoms with Gasteiger partial charge in [-0.05, 0) is 35.7 Å². The summed E-state index contributed by atoms with van der Waals surface area (Å²) in [5.41, 5.74) is 2.38. The maximum Gasteiger partial charge on any atom is 0.234 e. The van der Waals surface area contributed by atoms with Gasteiger partial charge >= 0.3 is 0 Å². The number of carbonyl (C=O) groups is 1. The van der Waals surface area contributed by atoms with E-state index in [1.165, 1.54) is 5.56 Å². The highest BCUT2D eigenvalue weighted by Crippen LogP contribution is 2.17. The molecular weight excluding hydrogens is 374 g/mol. The minimum absolute atomic E-state index is 0.0843. The SMILES string of the molecule is COc1ccccc1CCNC(=O)CN1CCN(Cc2ccc(Cl)cc2)CC1. The predicted octanol–water partition coefficient (Wildman–Crippen LogP) is 2.83. The zero-order valence-corrected chi connectivity index (χ0v) is 17.1. The molecule has 0 saturated carbocycles. The van der Waals surface area contributed by atoms with Crippen molar-refractivity contribution in [3.63, 3.8) is 0 Å². The topological polar surface area (TPSA) is 44.8 Å². The van der Waals surface area contributed by atoms with E-state index < -0.39 is 0 Å².